The zero-order chi connectivity index (χ0) is 14.1. The van der Waals surface area contributed by atoms with E-state index in [1.165, 1.54) is 0 Å². The summed E-state index contributed by atoms with van der Waals surface area (Å²) in [6.45, 7) is 2.37. The Morgan fingerprint density at radius 1 is 1.26 bits per heavy atom. The van der Waals surface area contributed by atoms with Gasteiger partial charge >= 0.3 is 0 Å². The Bertz CT molecular complexity index is 455. The minimum absolute atomic E-state index is 0.193. The quantitative estimate of drug-likeness (QED) is 0.909. The Morgan fingerprint density at radius 2 is 1.89 bits per heavy atom. The van der Waals surface area contributed by atoms with Crippen molar-refractivity contribution in [3.63, 3.8) is 0 Å². The van der Waals surface area contributed by atoms with E-state index >= 15 is 0 Å². The van der Waals surface area contributed by atoms with Crippen LogP contribution in [0, 0.1) is 0 Å². The van der Waals surface area contributed by atoms with Crippen molar-refractivity contribution >= 4 is 11.6 Å². The van der Waals surface area contributed by atoms with E-state index in [4.69, 9.17) is 22.1 Å². The summed E-state index contributed by atoms with van der Waals surface area (Å²) in [5.74, 6) is -1.97. The third-order valence-electron chi connectivity index (χ3n) is 3.65. The van der Waals surface area contributed by atoms with Crippen molar-refractivity contribution in [1.29, 1.82) is 0 Å². The number of ether oxygens (including phenoxy) is 1. The average molecular weight is 290 g/mol. The van der Waals surface area contributed by atoms with Crippen molar-refractivity contribution in [2.24, 2.45) is 5.73 Å². The van der Waals surface area contributed by atoms with Gasteiger partial charge in [-0.25, -0.2) is 8.78 Å². The molecule has 2 nitrogen and oxygen atoms in total. The van der Waals surface area contributed by atoms with Gasteiger partial charge < -0.3 is 10.5 Å². The molecule has 0 spiro atoms. The highest BCUT2D eigenvalue weighted by Crippen LogP contribution is 2.45. The summed E-state index contributed by atoms with van der Waals surface area (Å²) in [5.41, 5.74) is 6.28. The molecule has 0 radical (unpaired) electrons. The van der Waals surface area contributed by atoms with Crippen LogP contribution in [-0.4, -0.2) is 12.5 Å². The number of nitrogens with two attached hydrogens (primary N) is 1. The van der Waals surface area contributed by atoms with Crippen LogP contribution in [-0.2, 0) is 5.54 Å². The van der Waals surface area contributed by atoms with E-state index < -0.39 is 11.5 Å². The van der Waals surface area contributed by atoms with Gasteiger partial charge in [-0.05, 0) is 38.0 Å². The lowest BCUT2D eigenvalue weighted by atomic mass is 9.75. The first kappa shape index (κ1) is 14.5. The molecule has 5 heteroatoms. The van der Waals surface area contributed by atoms with Gasteiger partial charge in [-0.1, -0.05) is 11.6 Å². The molecule has 1 aromatic rings. The van der Waals surface area contributed by atoms with Gasteiger partial charge in [0.2, 0.25) is 5.92 Å². The summed E-state index contributed by atoms with van der Waals surface area (Å²) >= 11 is 5.99. The predicted molar refractivity (Wildman–Crippen MR) is 71.9 cm³/mol. The lowest BCUT2D eigenvalue weighted by molar-refractivity contribution is -0.0516. The van der Waals surface area contributed by atoms with Gasteiger partial charge in [-0.3, -0.25) is 0 Å². The molecule has 1 fully saturated rings. The minimum Gasteiger partial charge on any atom is -0.494 e. The number of benzene rings is 1. The summed E-state index contributed by atoms with van der Waals surface area (Å²) in [7, 11) is 0. The van der Waals surface area contributed by atoms with Crippen LogP contribution in [0.25, 0.3) is 0 Å². The van der Waals surface area contributed by atoms with Gasteiger partial charge in [0.05, 0.1) is 6.61 Å². The Kier molecular flexibility index (Phi) is 4.02. The fourth-order valence-corrected chi connectivity index (χ4v) is 2.68. The first-order chi connectivity index (χ1) is 8.86. The van der Waals surface area contributed by atoms with E-state index in [9.17, 15) is 8.78 Å². The van der Waals surface area contributed by atoms with Gasteiger partial charge in [0.25, 0.3) is 0 Å². The summed E-state index contributed by atoms with van der Waals surface area (Å²) in [6.07, 6.45) is 0.0873. The number of halogens is 3. The van der Waals surface area contributed by atoms with Gasteiger partial charge in [0, 0.05) is 29.0 Å². The van der Waals surface area contributed by atoms with E-state index in [-0.39, 0.29) is 25.7 Å². The van der Waals surface area contributed by atoms with Crippen molar-refractivity contribution < 1.29 is 13.5 Å². The second-order valence-corrected chi connectivity index (χ2v) is 5.52. The third kappa shape index (κ3) is 3.18. The molecule has 0 amide bonds. The van der Waals surface area contributed by atoms with Gasteiger partial charge in [-0.2, -0.15) is 0 Å². The van der Waals surface area contributed by atoms with Crippen molar-refractivity contribution in [2.75, 3.05) is 6.61 Å². The van der Waals surface area contributed by atoms with Crippen molar-refractivity contribution in [1.82, 2.24) is 0 Å². The highest BCUT2D eigenvalue weighted by molar-refractivity contribution is 6.30. The SMILES string of the molecule is CCOc1ccc(Cl)cc1C1(N)CCC(F)(F)CC1. The van der Waals surface area contributed by atoms with Crippen LogP contribution >= 0.6 is 11.6 Å². The first-order valence-electron chi connectivity index (χ1n) is 6.46. The monoisotopic (exact) mass is 289 g/mol. The maximum atomic E-state index is 13.3. The first-order valence-corrected chi connectivity index (χ1v) is 6.84. The number of hydrogen-bond donors (Lipinski definition) is 1. The second-order valence-electron chi connectivity index (χ2n) is 5.09. The predicted octanol–water partition coefficient (Wildman–Crippen LogP) is 4.10. The molecule has 0 unspecified atom stereocenters. The Morgan fingerprint density at radius 3 is 2.47 bits per heavy atom. The summed E-state index contributed by atoms with van der Waals surface area (Å²) in [4.78, 5) is 0. The maximum absolute atomic E-state index is 13.3. The van der Waals surface area contributed by atoms with E-state index in [2.05, 4.69) is 0 Å². The molecular weight excluding hydrogens is 272 g/mol. The lowest BCUT2D eigenvalue weighted by Crippen LogP contribution is -2.43. The fraction of sp³-hybridized carbons (Fsp3) is 0.571. The Hall–Kier alpha value is -0.870. The zero-order valence-electron chi connectivity index (χ0n) is 10.9. The largest absolute Gasteiger partial charge is 0.494 e. The molecule has 0 bridgehead atoms. The highest BCUT2D eigenvalue weighted by atomic mass is 35.5. The van der Waals surface area contributed by atoms with Crippen LogP contribution in [0.5, 0.6) is 5.75 Å². The molecule has 106 valence electrons. The normalized spacial score (nSPS) is 21.1. The Labute approximate surface area is 116 Å². The summed E-state index contributed by atoms with van der Waals surface area (Å²) in [5, 5.41) is 0.542. The molecule has 0 atom stereocenters. The van der Waals surface area contributed by atoms with Gasteiger partial charge in [0.15, 0.2) is 0 Å². The highest BCUT2D eigenvalue weighted by Gasteiger charge is 2.43. The van der Waals surface area contributed by atoms with Gasteiger partial charge in [-0.15, -0.1) is 0 Å². The molecule has 1 saturated carbocycles. The molecule has 0 aliphatic heterocycles. The second kappa shape index (κ2) is 5.25. The van der Waals surface area contributed by atoms with Crippen molar-refractivity contribution in [2.45, 2.75) is 44.1 Å². The number of hydrogen-bond acceptors (Lipinski definition) is 2. The number of rotatable bonds is 3. The molecule has 2 N–H and O–H groups in total. The van der Waals surface area contributed by atoms with Crippen LogP contribution in [0.15, 0.2) is 18.2 Å². The topological polar surface area (TPSA) is 35.2 Å². The molecule has 0 heterocycles. The Balaban J connectivity index is 2.32. The van der Waals surface area contributed by atoms with Crippen molar-refractivity contribution in [3.05, 3.63) is 28.8 Å². The molecular formula is C14H18ClF2NO. The van der Waals surface area contributed by atoms with Crippen LogP contribution in [0.3, 0.4) is 0 Å². The molecule has 0 aromatic heterocycles. The van der Waals surface area contributed by atoms with E-state index in [1.807, 2.05) is 6.92 Å². The average Bonchev–Trinajstić information content (AvgIpc) is 2.36. The molecule has 1 aromatic carbocycles. The molecule has 0 saturated heterocycles. The van der Waals surface area contributed by atoms with Crippen LogP contribution < -0.4 is 10.5 Å². The third-order valence-corrected chi connectivity index (χ3v) is 3.89. The van der Waals surface area contributed by atoms with E-state index in [0.717, 1.165) is 5.56 Å². The molecule has 2 rings (SSSR count). The van der Waals surface area contributed by atoms with E-state index in [1.54, 1.807) is 18.2 Å². The molecule has 19 heavy (non-hydrogen) atoms. The van der Waals surface area contributed by atoms with Crippen LogP contribution in [0.1, 0.15) is 38.2 Å². The summed E-state index contributed by atoms with van der Waals surface area (Å²) in [6, 6.07) is 5.20. The van der Waals surface area contributed by atoms with Gasteiger partial charge in [0.1, 0.15) is 5.75 Å². The molecule has 1 aliphatic carbocycles. The summed E-state index contributed by atoms with van der Waals surface area (Å²) < 4.78 is 32.1. The van der Waals surface area contributed by atoms with Crippen LogP contribution in [0.2, 0.25) is 5.02 Å². The maximum Gasteiger partial charge on any atom is 0.248 e. The van der Waals surface area contributed by atoms with Crippen LogP contribution in [0.4, 0.5) is 8.78 Å². The molecule has 1 aliphatic rings. The standard InChI is InChI=1S/C14H18ClF2NO/c1-2-19-12-4-3-10(15)9-11(12)13(18)5-7-14(16,17)8-6-13/h3-4,9H,2,5-8,18H2,1H3. The zero-order valence-corrected chi connectivity index (χ0v) is 11.6. The fourth-order valence-electron chi connectivity index (χ4n) is 2.50. The lowest BCUT2D eigenvalue weighted by Gasteiger charge is -2.38. The van der Waals surface area contributed by atoms with Crippen molar-refractivity contribution in [3.8, 4) is 5.75 Å². The smallest absolute Gasteiger partial charge is 0.248 e. The minimum atomic E-state index is -2.60. The van der Waals surface area contributed by atoms with E-state index in [0.29, 0.717) is 17.4 Å². The number of alkyl halides is 2.